The number of amides is 1. The molecule has 0 radical (unpaired) electrons. The van der Waals surface area contributed by atoms with Gasteiger partial charge in [-0.15, -0.1) is 11.3 Å². The highest BCUT2D eigenvalue weighted by molar-refractivity contribution is 7.16. The van der Waals surface area contributed by atoms with Gasteiger partial charge in [0.2, 0.25) is 5.91 Å². The van der Waals surface area contributed by atoms with Crippen LogP contribution in [0.15, 0.2) is 72.8 Å². The number of nitrogens with one attached hydrogen (secondary N) is 1. The molecule has 1 amide bonds. The summed E-state index contributed by atoms with van der Waals surface area (Å²) in [6, 6.07) is 22.5. The maximum absolute atomic E-state index is 12.5. The number of piperazine rings is 1. The van der Waals surface area contributed by atoms with E-state index in [4.69, 9.17) is 0 Å². The van der Waals surface area contributed by atoms with E-state index in [-0.39, 0.29) is 5.91 Å². The number of rotatable bonds is 5. The molecule has 1 aliphatic rings. The number of thiophene rings is 1. The second-order valence-corrected chi connectivity index (χ2v) is 8.31. The highest BCUT2D eigenvalue weighted by Gasteiger charge is 2.17. The minimum absolute atomic E-state index is 0.110. The normalized spacial score (nSPS) is 15.0. The van der Waals surface area contributed by atoms with E-state index in [1.807, 2.05) is 42.5 Å². The van der Waals surface area contributed by atoms with E-state index < -0.39 is 0 Å². The fourth-order valence-electron chi connectivity index (χ4n) is 3.43. The van der Waals surface area contributed by atoms with Crippen LogP contribution in [-0.2, 0) is 4.79 Å². The van der Waals surface area contributed by atoms with Crippen molar-refractivity contribution >= 4 is 34.7 Å². The van der Waals surface area contributed by atoms with Crippen LogP contribution >= 0.6 is 11.3 Å². The van der Waals surface area contributed by atoms with Gasteiger partial charge in [0.25, 0.3) is 0 Å². The van der Waals surface area contributed by atoms with Gasteiger partial charge in [-0.25, -0.2) is 0 Å². The minimum atomic E-state index is -0.110. The van der Waals surface area contributed by atoms with Crippen LogP contribution in [0, 0.1) is 0 Å². The van der Waals surface area contributed by atoms with Crippen molar-refractivity contribution in [2.45, 2.75) is 0 Å². The van der Waals surface area contributed by atoms with Gasteiger partial charge in [0.05, 0.1) is 11.4 Å². The Labute approximate surface area is 176 Å². The molecule has 1 aromatic heterocycles. The molecule has 0 atom stereocenters. The molecule has 2 aromatic carbocycles. The first-order valence-electron chi connectivity index (χ1n) is 9.86. The number of benzene rings is 2. The number of para-hydroxylation sites is 2. The Morgan fingerprint density at radius 1 is 0.931 bits per heavy atom. The first-order chi connectivity index (χ1) is 14.2. The molecule has 0 bridgehead atoms. The number of nitrogens with zero attached hydrogens (tertiary/aromatic N) is 2. The molecular formula is C24H25N3OS. The lowest BCUT2D eigenvalue weighted by Crippen LogP contribution is -2.44. The van der Waals surface area contributed by atoms with Crippen LogP contribution in [-0.4, -0.2) is 44.0 Å². The van der Waals surface area contributed by atoms with E-state index in [1.165, 1.54) is 10.4 Å². The van der Waals surface area contributed by atoms with E-state index in [1.54, 1.807) is 17.4 Å². The molecule has 0 spiro atoms. The number of hydrogen-bond acceptors (Lipinski definition) is 4. The molecule has 4 rings (SSSR count). The molecule has 1 saturated heterocycles. The summed E-state index contributed by atoms with van der Waals surface area (Å²) in [4.78, 5) is 19.5. The molecule has 1 N–H and O–H groups in total. The van der Waals surface area contributed by atoms with Crippen LogP contribution in [0.3, 0.4) is 0 Å². The third-order valence-corrected chi connectivity index (χ3v) is 6.19. The predicted octanol–water partition coefficient (Wildman–Crippen LogP) is 4.82. The summed E-state index contributed by atoms with van der Waals surface area (Å²) in [5.41, 5.74) is 3.15. The smallest absolute Gasteiger partial charge is 0.248 e. The first-order valence-corrected chi connectivity index (χ1v) is 10.7. The predicted molar refractivity (Wildman–Crippen MR) is 124 cm³/mol. The van der Waals surface area contributed by atoms with Crippen LogP contribution in [0.2, 0.25) is 0 Å². The largest absolute Gasteiger partial charge is 0.367 e. The third-order valence-electron chi connectivity index (χ3n) is 5.09. The molecule has 3 aromatic rings. The Morgan fingerprint density at radius 3 is 2.45 bits per heavy atom. The maximum Gasteiger partial charge on any atom is 0.248 e. The molecule has 0 aliphatic carbocycles. The van der Waals surface area contributed by atoms with Gasteiger partial charge in [-0.3, -0.25) is 4.79 Å². The number of carbonyl (C=O) groups is 1. The average Bonchev–Trinajstić information content (AvgIpc) is 3.23. The first kappa shape index (κ1) is 19.4. The monoisotopic (exact) mass is 403 g/mol. The fraction of sp³-hybridized carbons (Fsp3) is 0.208. The van der Waals surface area contributed by atoms with Crippen LogP contribution in [0.25, 0.3) is 16.5 Å². The van der Waals surface area contributed by atoms with Crippen molar-refractivity contribution in [3.63, 3.8) is 0 Å². The second-order valence-electron chi connectivity index (χ2n) is 7.20. The molecule has 1 aliphatic heterocycles. The highest BCUT2D eigenvalue weighted by Crippen LogP contribution is 2.29. The summed E-state index contributed by atoms with van der Waals surface area (Å²) in [6.07, 6.45) is 3.49. The lowest BCUT2D eigenvalue weighted by molar-refractivity contribution is -0.111. The zero-order valence-corrected chi connectivity index (χ0v) is 17.4. The van der Waals surface area contributed by atoms with Gasteiger partial charge >= 0.3 is 0 Å². The van der Waals surface area contributed by atoms with Crippen molar-refractivity contribution in [3.05, 3.63) is 77.7 Å². The third kappa shape index (κ3) is 4.94. The SMILES string of the molecule is CN1CCN(c2ccccc2NC(=O)/C=C/c2ccc(-c3ccccc3)s2)CC1. The van der Waals surface area contributed by atoms with Crippen molar-refractivity contribution in [1.82, 2.24) is 4.90 Å². The van der Waals surface area contributed by atoms with Gasteiger partial charge in [0, 0.05) is 42.0 Å². The quantitative estimate of drug-likeness (QED) is 0.621. The Bertz CT molecular complexity index is 988. The van der Waals surface area contributed by atoms with E-state index in [0.29, 0.717) is 0 Å². The Hall–Kier alpha value is -2.89. The Balaban J connectivity index is 1.42. The lowest BCUT2D eigenvalue weighted by atomic mass is 10.2. The number of anilines is 2. The topological polar surface area (TPSA) is 35.6 Å². The summed E-state index contributed by atoms with van der Waals surface area (Å²) >= 11 is 1.68. The van der Waals surface area contributed by atoms with Crippen LogP contribution in [0.5, 0.6) is 0 Å². The summed E-state index contributed by atoms with van der Waals surface area (Å²) < 4.78 is 0. The van der Waals surface area contributed by atoms with Crippen molar-refractivity contribution in [2.24, 2.45) is 0 Å². The number of likely N-dealkylation sites (N-methyl/N-ethyl adjacent to an activating group) is 1. The zero-order chi connectivity index (χ0) is 20.1. The molecule has 0 saturated carbocycles. The van der Waals surface area contributed by atoms with E-state index >= 15 is 0 Å². The van der Waals surface area contributed by atoms with Gasteiger partial charge in [-0.05, 0) is 43.0 Å². The van der Waals surface area contributed by atoms with E-state index in [2.05, 4.69) is 52.5 Å². The second kappa shape index (κ2) is 9.07. The average molecular weight is 404 g/mol. The molecule has 2 heterocycles. The summed E-state index contributed by atoms with van der Waals surface area (Å²) in [5, 5.41) is 3.05. The lowest BCUT2D eigenvalue weighted by Gasteiger charge is -2.35. The zero-order valence-electron chi connectivity index (χ0n) is 16.5. The number of carbonyl (C=O) groups excluding carboxylic acids is 1. The van der Waals surface area contributed by atoms with E-state index in [9.17, 15) is 4.79 Å². The summed E-state index contributed by atoms with van der Waals surface area (Å²) in [6.45, 7) is 4.00. The Morgan fingerprint density at radius 2 is 1.66 bits per heavy atom. The molecule has 0 unspecified atom stereocenters. The molecule has 1 fully saturated rings. The summed E-state index contributed by atoms with van der Waals surface area (Å²) in [5.74, 6) is -0.110. The Kier molecular flexibility index (Phi) is 6.08. The van der Waals surface area contributed by atoms with Gasteiger partial charge in [-0.1, -0.05) is 42.5 Å². The maximum atomic E-state index is 12.5. The molecule has 4 nitrogen and oxygen atoms in total. The van der Waals surface area contributed by atoms with Crippen LogP contribution in [0.1, 0.15) is 4.88 Å². The van der Waals surface area contributed by atoms with Gasteiger partial charge in [0.1, 0.15) is 0 Å². The highest BCUT2D eigenvalue weighted by atomic mass is 32.1. The van der Waals surface area contributed by atoms with Gasteiger partial charge in [0.15, 0.2) is 0 Å². The van der Waals surface area contributed by atoms with E-state index in [0.717, 1.165) is 42.4 Å². The molecule has 148 valence electrons. The van der Waals surface area contributed by atoms with Crippen molar-refractivity contribution < 1.29 is 4.79 Å². The minimum Gasteiger partial charge on any atom is -0.367 e. The number of hydrogen-bond donors (Lipinski definition) is 1. The van der Waals surface area contributed by atoms with Gasteiger partial charge in [-0.2, -0.15) is 0 Å². The van der Waals surface area contributed by atoms with Gasteiger partial charge < -0.3 is 15.1 Å². The fourth-order valence-corrected chi connectivity index (χ4v) is 4.35. The van der Waals surface area contributed by atoms with Crippen LogP contribution < -0.4 is 10.2 Å². The van der Waals surface area contributed by atoms with Crippen molar-refractivity contribution in [2.75, 3.05) is 43.4 Å². The standard InChI is InChI=1S/C24H25N3OS/c1-26-15-17-27(18-16-26)22-10-6-5-9-21(22)25-24(28)14-12-20-11-13-23(29-20)19-7-3-2-4-8-19/h2-14H,15-18H2,1H3,(H,25,28)/b14-12+. The molecule has 29 heavy (non-hydrogen) atoms. The van der Waals surface area contributed by atoms with Crippen molar-refractivity contribution in [1.29, 1.82) is 0 Å². The molecule has 5 heteroatoms. The van der Waals surface area contributed by atoms with Crippen molar-refractivity contribution in [3.8, 4) is 10.4 Å². The summed E-state index contributed by atoms with van der Waals surface area (Å²) in [7, 11) is 2.14. The van der Waals surface area contributed by atoms with Crippen LogP contribution in [0.4, 0.5) is 11.4 Å². The molecular weight excluding hydrogens is 378 g/mol.